The van der Waals surface area contributed by atoms with Crippen LogP contribution in [0.2, 0.25) is 0 Å². The molecule has 0 aromatic heterocycles. The van der Waals surface area contributed by atoms with Crippen molar-refractivity contribution in [3.63, 3.8) is 0 Å². The third kappa shape index (κ3) is 3.75. The van der Waals surface area contributed by atoms with Gasteiger partial charge in [0.25, 0.3) is 5.91 Å². The molecular weight excluding hydrogens is 338 g/mol. The van der Waals surface area contributed by atoms with Gasteiger partial charge in [0.1, 0.15) is 6.61 Å². The number of amides is 2. The summed E-state index contributed by atoms with van der Waals surface area (Å²) in [4.78, 5) is 25.9. The van der Waals surface area contributed by atoms with E-state index in [0.717, 1.165) is 21.9 Å². The molecule has 1 aliphatic heterocycles. The van der Waals surface area contributed by atoms with Crippen molar-refractivity contribution in [1.29, 1.82) is 0 Å². The van der Waals surface area contributed by atoms with Crippen LogP contribution in [0.25, 0.3) is 16.8 Å². The van der Waals surface area contributed by atoms with Crippen LogP contribution in [0.1, 0.15) is 11.1 Å². The molecule has 27 heavy (non-hydrogen) atoms. The number of fused-ring (bicyclic) bond motifs is 1. The van der Waals surface area contributed by atoms with Crippen molar-refractivity contribution >= 4 is 28.8 Å². The van der Waals surface area contributed by atoms with Crippen LogP contribution in [-0.2, 0) is 16.0 Å². The molecule has 4 rings (SSSR count). The molecule has 0 bridgehead atoms. The van der Waals surface area contributed by atoms with Gasteiger partial charge in [-0.1, -0.05) is 66.7 Å². The highest BCUT2D eigenvalue weighted by molar-refractivity contribution is 6.02. The molecular formula is C23H19NO3. The van der Waals surface area contributed by atoms with Crippen molar-refractivity contribution < 1.29 is 14.3 Å². The summed E-state index contributed by atoms with van der Waals surface area (Å²) >= 11 is 0. The summed E-state index contributed by atoms with van der Waals surface area (Å²) in [7, 11) is 0. The molecule has 0 spiro atoms. The SMILES string of the molecule is O=C(C=Cc1ccc2ccccc2c1)N1C(=O)OC[C@H]1Cc1ccccc1. The zero-order valence-corrected chi connectivity index (χ0v) is 14.7. The van der Waals surface area contributed by atoms with Gasteiger partial charge in [0.2, 0.25) is 0 Å². The Labute approximate surface area is 157 Å². The van der Waals surface area contributed by atoms with Gasteiger partial charge in [0, 0.05) is 6.08 Å². The molecule has 1 aliphatic rings. The first kappa shape index (κ1) is 17.0. The maximum Gasteiger partial charge on any atom is 0.417 e. The molecule has 1 heterocycles. The van der Waals surface area contributed by atoms with Crippen molar-refractivity contribution in [2.75, 3.05) is 6.61 Å². The number of ether oxygens (including phenoxy) is 1. The summed E-state index contributed by atoms with van der Waals surface area (Å²) in [5.41, 5.74) is 1.98. The highest BCUT2D eigenvalue weighted by Crippen LogP contribution is 2.19. The lowest BCUT2D eigenvalue weighted by Crippen LogP contribution is -2.39. The van der Waals surface area contributed by atoms with Crippen molar-refractivity contribution in [2.45, 2.75) is 12.5 Å². The first-order chi connectivity index (χ1) is 13.2. The fraction of sp³-hybridized carbons (Fsp3) is 0.130. The molecule has 1 atom stereocenters. The Morgan fingerprint density at radius 2 is 1.74 bits per heavy atom. The quantitative estimate of drug-likeness (QED) is 0.649. The van der Waals surface area contributed by atoms with Gasteiger partial charge < -0.3 is 4.74 Å². The van der Waals surface area contributed by atoms with Gasteiger partial charge in [0.05, 0.1) is 6.04 Å². The second-order valence-corrected chi connectivity index (χ2v) is 6.57. The van der Waals surface area contributed by atoms with Gasteiger partial charge in [-0.3, -0.25) is 4.79 Å². The number of nitrogens with zero attached hydrogens (tertiary/aromatic N) is 1. The smallest absolute Gasteiger partial charge is 0.417 e. The first-order valence-corrected chi connectivity index (χ1v) is 8.91. The summed E-state index contributed by atoms with van der Waals surface area (Å²) in [6, 6.07) is 23.5. The van der Waals surface area contributed by atoms with Crippen molar-refractivity contribution in [1.82, 2.24) is 4.90 Å². The Morgan fingerprint density at radius 1 is 1.00 bits per heavy atom. The lowest BCUT2D eigenvalue weighted by atomic mass is 10.1. The Balaban J connectivity index is 1.51. The highest BCUT2D eigenvalue weighted by Gasteiger charge is 2.36. The number of carbonyl (C=O) groups is 2. The highest BCUT2D eigenvalue weighted by atomic mass is 16.6. The molecule has 3 aromatic rings. The number of hydrogen-bond acceptors (Lipinski definition) is 3. The Kier molecular flexibility index (Phi) is 4.71. The van der Waals surface area contributed by atoms with Crippen LogP contribution in [0.3, 0.4) is 0 Å². The van der Waals surface area contributed by atoms with Gasteiger partial charge in [-0.2, -0.15) is 0 Å². The number of cyclic esters (lactones) is 1. The number of rotatable bonds is 4. The monoisotopic (exact) mass is 357 g/mol. The minimum atomic E-state index is -0.580. The van der Waals surface area contributed by atoms with Crippen LogP contribution < -0.4 is 0 Å². The van der Waals surface area contributed by atoms with Crippen LogP contribution in [0.5, 0.6) is 0 Å². The number of hydrogen-bond donors (Lipinski definition) is 0. The fourth-order valence-electron chi connectivity index (χ4n) is 3.33. The molecule has 0 saturated carbocycles. The van der Waals surface area contributed by atoms with Crippen LogP contribution in [0, 0.1) is 0 Å². The molecule has 134 valence electrons. The van der Waals surface area contributed by atoms with Gasteiger partial charge in [0.15, 0.2) is 0 Å². The van der Waals surface area contributed by atoms with Crippen molar-refractivity contribution in [2.24, 2.45) is 0 Å². The van der Waals surface area contributed by atoms with Crippen LogP contribution in [-0.4, -0.2) is 29.5 Å². The summed E-state index contributed by atoms with van der Waals surface area (Å²) in [6.45, 7) is 0.225. The van der Waals surface area contributed by atoms with E-state index in [4.69, 9.17) is 4.74 Å². The Bertz CT molecular complexity index is 1010. The van der Waals surface area contributed by atoms with Crippen LogP contribution in [0.4, 0.5) is 4.79 Å². The average molecular weight is 357 g/mol. The molecule has 3 aromatic carbocycles. The van der Waals surface area contributed by atoms with E-state index < -0.39 is 6.09 Å². The molecule has 0 N–H and O–H groups in total. The first-order valence-electron chi connectivity index (χ1n) is 8.91. The molecule has 0 unspecified atom stereocenters. The lowest BCUT2D eigenvalue weighted by Gasteiger charge is -2.18. The number of imide groups is 1. The molecule has 0 radical (unpaired) electrons. The summed E-state index contributed by atoms with van der Waals surface area (Å²) < 4.78 is 5.11. The molecule has 2 amide bonds. The second kappa shape index (κ2) is 7.46. The normalized spacial score (nSPS) is 16.8. The predicted octanol–water partition coefficient (Wildman–Crippen LogP) is 4.44. The van der Waals surface area contributed by atoms with Crippen molar-refractivity contribution in [3.05, 3.63) is 90.0 Å². The third-order valence-corrected chi connectivity index (χ3v) is 4.70. The zero-order valence-electron chi connectivity index (χ0n) is 14.7. The molecule has 1 saturated heterocycles. The van der Waals surface area contributed by atoms with Gasteiger partial charge in [-0.05, 0) is 40.5 Å². The maximum atomic E-state index is 12.6. The minimum Gasteiger partial charge on any atom is -0.447 e. The van der Waals surface area contributed by atoms with Crippen molar-refractivity contribution in [3.8, 4) is 0 Å². The molecule has 4 heteroatoms. The summed E-state index contributed by atoms with van der Waals surface area (Å²) in [6.07, 6.45) is 3.18. The molecule has 1 fully saturated rings. The topological polar surface area (TPSA) is 46.6 Å². The minimum absolute atomic E-state index is 0.225. The predicted molar refractivity (Wildman–Crippen MR) is 105 cm³/mol. The third-order valence-electron chi connectivity index (χ3n) is 4.70. The van der Waals surface area contributed by atoms with Crippen LogP contribution >= 0.6 is 0 Å². The standard InChI is InChI=1S/C23H19NO3/c25-22(13-11-18-10-12-19-8-4-5-9-20(19)14-18)24-21(16-27-23(24)26)15-17-6-2-1-3-7-17/h1-14,21H,15-16H2/t21-/m1/s1. The van der Waals surface area contributed by atoms with E-state index in [1.165, 1.54) is 11.0 Å². The van der Waals surface area contributed by atoms with E-state index in [2.05, 4.69) is 0 Å². The largest absolute Gasteiger partial charge is 0.447 e. The molecule has 4 nitrogen and oxygen atoms in total. The fourth-order valence-corrected chi connectivity index (χ4v) is 3.33. The average Bonchev–Trinajstić information content (AvgIpc) is 3.07. The van der Waals surface area contributed by atoms with E-state index in [1.807, 2.05) is 72.8 Å². The zero-order chi connectivity index (χ0) is 18.6. The van der Waals surface area contributed by atoms with Gasteiger partial charge in [-0.15, -0.1) is 0 Å². The Hall–Kier alpha value is -3.40. The van der Waals surface area contributed by atoms with E-state index in [9.17, 15) is 9.59 Å². The number of benzene rings is 3. The number of carbonyl (C=O) groups excluding carboxylic acids is 2. The summed E-state index contributed by atoms with van der Waals surface area (Å²) in [5.74, 6) is -0.355. The van der Waals surface area contributed by atoms with E-state index in [0.29, 0.717) is 6.42 Å². The summed E-state index contributed by atoms with van der Waals surface area (Å²) in [5, 5.41) is 2.25. The van der Waals surface area contributed by atoms with Gasteiger partial charge in [-0.25, -0.2) is 9.69 Å². The molecule has 0 aliphatic carbocycles. The van der Waals surface area contributed by atoms with E-state index >= 15 is 0 Å². The van der Waals surface area contributed by atoms with Gasteiger partial charge >= 0.3 is 6.09 Å². The van der Waals surface area contributed by atoms with E-state index in [-0.39, 0.29) is 18.6 Å². The van der Waals surface area contributed by atoms with E-state index in [1.54, 1.807) is 6.08 Å². The van der Waals surface area contributed by atoms with Crippen LogP contribution in [0.15, 0.2) is 78.9 Å². The maximum absolute atomic E-state index is 12.6. The second-order valence-electron chi connectivity index (χ2n) is 6.57. The lowest BCUT2D eigenvalue weighted by molar-refractivity contribution is -0.124. The Morgan fingerprint density at radius 3 is 2.56 bits per heavy atom.